The fraction of sp³-hybridized carbons (Fsp3) is 0. The van der Waals surface area contributed by atoms with Crippen molar-refractivity contribution in [3.05, 3.63) is 90.7 Å². The van der Waals surface area contributed by atoms with Crippen molar-refractivity contribution in [2.75, 3.05) is 0 Å². The van der Waals surface area contributed by atoms with Crippen LogP contribution >= 0.6 is 11.3 Å². The van der Waals surface area contributed by atoms with Crippen LogP contribution in [0, 0.1) is 20.2 Å². The molecule has 0 unspecified atom stereocenters. The number of imidazole rings is 1. The van der Waals surface area contributed by atoms with Gasteiger partial charge in [-0.2, -0.15) is 0 Å². The van der Waals surface area contributed by atoms with Gasteiger partial charge in [-0.3, -0.25) is 25.0 Å². The van der Waals surface area contributed by atoms with E-state index in [1.165, 1.54) is 46.2 Å². The number of H-pyrrole nitrogens is 1. The predicted molar refractivity (Wildman–Crippen MR) is 115 cm³/mol. The fourth-order valence-corrected chi connectivity index (χ4v) is 4.46. The average molecular weight is 433 g/mol. The zero-order chi connectivity index (χ0) is 21.7. The molecule has 0 bridgehead atoms. The molecule has 0 atom stereocenters. The summed E-state index contributed by atoms with van der Waals surface area (Å²) in [5.74, 6) is 0.298. The molecule has 1 N–H and O–H groups in total. The lowest BCUT2D eigenvalue weighted by molar-refractivity contribution is -0.385. The SMILES string of the molecule is O=c1c2c(-c3cccc([N+](=O)[O-])c3)csc2[nH]c2ncc(-c3cccc([N+](=O)[O-])c3)n12. The first-order valence-corrected chi connectivity index (χ1v) is 9.82. The first kappa shape index (κ1) is 18.6. The third-order valence-electron chi connectivity index (χ3n) is 4.92. The van der Waals surface area contributed by atoms with E-state index in [4.69, 9.17) is 0 Å². The summed E-state index contributed by atoms with van der Waals surface area (Å²) in [5.41, 5.74) is 1.43. The van der Waals surface area contributed by atoms with Crippen LogP contribution < -0.4 is 5.56 Å². The number of hydrogen-bond acceptors (Lipinski definition) is 7. The van der Waals surface area contributed by atoms with Crippen molar-refractivity contribution in [1.82, 2.24) is 14.4 Å². The second kappa shape index (κ2) is 6.85. The Labute approximate surface area is 176 Å². The van der Waals surface area contributed by atoms with Gasteiger partial charge >= 0.3 is 0 Å². The molecule has 31 heavy (non-hydrogen) atoms. The number of nitrogens with zero attached hydrogens (tertiary/aromatic N) is 4. The Morgan fingerprint density at radius 2 is 1.61 bits per heavy atom. The summed E-state index contributed by atoms with van der Waals surface area (Å²) in [6.45, 7) is 0. The molecule has 11 heteroatoms. The Hall–Kier alpha value is -4.38. The van der Waals surface area contributed by atoms with E-state index in [0.29, 0.717) is 38.4 Å². The van der Waals surface area contributed by atoms with Crippen molar-refractivity contribution in [3.8, 4) is 22.4 Å². The molecule has 0 amide bonds. The minimum Gasteiger partial charge on any atom is -0.316 e. The number of benzene rings is 2. The Morgan fingerprint density at radius 1 is 0.968 bits per heavy atom. The molecule has 3 heterocycles. The highest BCUT2D eigenvalue weighted by molar-refractivity contribution is 7.17. The highest BCUT2D eigenvalue weighted by atomic mass is 32.1. The van der Waals surface area contributed by atoms with Crippen molar-refractivity contribution in [3.63, 3.8) is 0 Å². The topological polar surface area (TPSA) is 136 Å². The minimum absolute atomic E-state index is 0.0747. The van der Waals surface area contributed by atoms with Gasteiger partial charge in [0.15, 0.2) is 0 Å². The van der Waals surface area contributed by atoms with Crippen molar-refractivity contribution in [1.29, 1.82) is 0 Å². The first-order valence-electron chi connectivity index (χ1n) is 8.94. The van der Waals surface area contributed by atoms with E-state index in [0.717, 1.165) is 0 Å². The Morgan fingerprint density at radius 3 is 2.29 bits per heavy atom. The normalized spacial score (nSPS) is 11.2. The van der Waals surface area contributed by atoms with Crippen LogP contribution in [0.1, 0.15) is 0 Å². The molecule has 5 rings (SSSR count). The highest BCUT2D eigenvalue weighted by Crippen LogP contribution is 2.33. The summed E-state index contributed by atoms with van der Waals surface area (Å²) in [4.78, 5) is 42.7. The van der Waals surface area contributed by atoms with E-state index in [1.54, 1.807) is 29.6 Å². The molecule has 10 nitrogen and oxygen atoms in total. The number of fused-ring (bicyclic) bond motifs is 2. The van der Waals surface area contributed by atoms with Gasteiger partial charge in [-0.05, 0) is 5.56 Å². The molecular weight excluding hydrogens is 422 g/mol. The number of aromatic nitrogens is 3. The summed E-state index contributed by atoms with van der Waals surface area (Å²) >= 11 is 1.30. The number of nitro groups is 2. The van der Waals surface area contributed by atoms with E-state index in [9.17, 15) is 25.0 Å². The van der Waals surface area contributed by atoms with E-state index in [1.807, 2.05) is 0 Å². The number of rotatable bonds is 4. The van der Waals surface area contributed by atoms with Crippen LogP contribution in [0.4, 0.5) is 11.4 Å². The molecule has 3 aromatic heterocycles. The van der Waals surface area contributed by atoms with Crippen LogP contribution in [0.5, 0.6) is 0 Å². The maximum absolute atomic E-state index is 13.5. The molecule has 0 aliphatic carbocycles. The molecule has 0 spiro atoms. The summed E-state index contributed by atoms with van der Waals surface area (Å²) in [5, 5.41) is 24.4. The summed E-state index contributed by atoms with van der Waals surface area (Å²) in [6, 6.07) is 12.0. The maximum Gasteiger partial charge on any atom is 0.270 e. The van der Waals surface area contributed by atoms with Crippen molar-refractivity contribution in [2.45, 2.75) is 0 Å². The van der Waals surface area contributed by atoms with Gasteiger partial charge in [0.05, 0.1) is 27.1 Å². The van der Waals surface area contributed by atoms with Gasteiger partial charge in [-0.25, -0.2) is 9.38 Å². The molecule has 0 radical (unpaired) electrons. The van der Waals surface area contributed by atoms with Crippen molar-refractivity contribution in [2.24, 2.45) is 0 Å². The summed E-state index contributed by atoms with van der Waals surface area (Å²) in [6.07, 6.45) is 1.48. The van der Waals surface area contributed by atoms with Crippen molar-refractivity contribution >= 4 is 38.7 Å². The predicted octanol–water partition coefficient (Wildman–Crippen LogP) is 4.39. The van der Waals surface area contributed by atoms with E-state index in [-0.39, 0.29) is 16.9 Å². The number of thiophene rings is 1. The fourth-order valence-electron chi connectivity index (χ4n) is 3.50. The van der Waals surface area contributed by atoms with Crippen LogP contribution in [0.15, 0.2) is 64.9 Å². The lowest BCUT2D eigenvalue weighted by atomic mass is 10.1. The molecule has 0 saturated carbocycles. The summed E-state index contributed by atoms with van der Waals surface area (Å²) < 4.78 is 1.36. The van der Waals surface area contributed by atoms with Gasteiger partial charge in [-0.1, -0.05) is 24.3 Å². The number of hydrogen-bond donors (Lipinski definition) is 1. The van der Waals surface area contributed by atoms with Crippen LogP contribution in [0.25, 0.3) is 38.4 Å². The van der Waals surface area contributed by atoms with Gasteiger partial charge in [0.25, 0.3) is 16.9 Å². The third kappa shape index (κ3) is 2.95. The second-order valence-corrected chi connectivity index (χ2v) is 7.58. The molecule has 152 valence electrons. The monoisotopic (exact) mass is 433 g/mol. The van der Waals surface area contributed by atoms with Crippen LogP contribution in [0.3, 0.4) is 0 Å². The Balaban J connectivity index is 1.77. The number of nitro benzene ring substituents is 2. The first-order chi connectivity index (χ1) is 14.9. The smallest absolute Gasteiger partial charge is 0.270 e. The average Bonchev–Trinajstić information content (AvgIpc) is 3.39. The lowest BCUT2D eigenvalue weighted by Crippen LogP contribution is -2.14. The molecule has 0 aliphatic rings. The quantitative estimate of drug-likeness (QED) is 0.330. The molecular formula is C20H11N5O5S. The highest BCUT2D eigenvalue weighted by Gasteiger charge is 2.19. The zero-order valence-electron chi connectivity index (χ0n) is 15.5. The van der Waals surface area contributed by atoms with Crippen molar-refractivity contribution < 1.29 is 9.85 Å². The second-order valence-electron chi connectivity index (χ2n) is 6.70. The van der Waals surface area contributed by atoms with Crippen LogP contribution in [0.2, 0.25) is 0 Å². The van der Waals surface area contributed by atoms with Crippen LogP contribution in [-0.4, -0.2) is 24.2 Å². The van der Waals surface area contributed by atoms with E-state index >= 15 is 0 Å². The Bertz CT molecular complexity index is 1470. The van der Waals surface area contributed by atoms with Gasteiger partial charge in [0.1, 0.15) is 4.83 Å². The molecule has 0 fully saturated rings. The van der Waals surface area contributed by atoms with Crippen LogP contribution in [-0.2, 0) is 0 Å². The molecule has 2 aromatic carbocycles. The molecule has 5 aromatic rings. The largest absolute Gasteiger partial charge is 0.316 e. The molecule has 0 saturated heterocycles. The van der Waals surface area contributed by atoms with Gasteiger partial charge in [0.2, 0.25) is 5.78 Å². The number of aromatic amines is 1. The third-order valence-corrected chi connectivity index (χ3v) is 5.81. The molecule has 0 aliphatic heterocycles. The summed E-state index contributed by atoms with van der Waals surface area (Å²) in [7, 11) is 0. The maximum atomic E-state index is 13.5. The van der Waals surface area contributed by atoms with Gasteiger partial charge in [0, 0.05) is 40.8 Å². The standard InChI is InChI=1S/C20H11N5O5S/c26-19-17-15(11-3-1-5-13(7-11)24(27)28)10-31-18(17)22-20-21-9-16(23(19)20)12-4-2-6-14(8-12)25(29)30/h1-10H,(H,21,22). The van der Waals surface area contributed by atoms with E-state index in [2.05, 4.69) is 9.97 Å². The number of nitrogens with one attached hydrogen (secondary N) is 1. The number of non-ortho nitro benzene ring substituents is 2. The Kier molecular flexibility index (Phi) is 4.12. The minimum atomic E-state index is -0.506. The zero-order valence-corrected chi connectivity index (χ0v) is 16.3. The van der Waals surface area contributed by atoms with Gasteiger partial charge < -0.3 is 4.98 Å². The lowest BCUT2D eigenvalue weighted by Gasteiger charge is -2.04. The van der Waals surface area contributed by atoms with Gasteiger partial charge in [-0.15, -0.1) is 11.3 Å². The van der Waals surface area contributed by atoms with E-state index < -0.39 is 9.85 Å².